The Morgan fingerprint density at radius 1 is 1.14 bits per heavy atom. The summed E-state index contributed by atoms with van der Waals surface area (Å²) < 4.78 is 19.8. The van der Waals surface area contributed by atoms with Crippen LogP contribution in [0.2, 0.25) is 0 Å². The van der Waals surface area contributed by atoms with E-state index in [9.17, 15) is 4.39 Å². The van der Waals surface area contributed by atoms with Crippen LogP contribution in [-0.2, 0) is 0 Å². The molecule has 1 N–H and O–H groups in total. The highest BCUT2D eigenvalue weighted by Gasteiger charge is 2.20. The van der Waals surface area contributed by atoms with Gasteiger partial charge in [-0.05, 0) is 37.6 Å². The molecule has 0 radical (unpaired) electrons. The lowest BCUT2D eigenvalue weighted by Crippen LogP contribution is -2.24. The molecule has 0 bridgehead atoms. The van der Waals surface area contributed by atoms with Gasteiger partial charge in [0.25, 0.3) is 0 Å². The van der Waals surface area contributed by atoms with Gasteiger partial charge in [0.05, 0.1) is 13.2 Å². The Morgan fingerprint density at radius 3 is 2.57 bits per heavy atom. The van der Waals surface area contributed by atoms with Crippen molar-refractivity contribution in [2.75, 3.05) is 13.7 Å². The van der Waals surface area contributed by atoms with E-state index >= 15 is 0 Å². The van der Waals surface area contributed by atoms with Crippen LogP contribution in [0.4, 0.5) is 4.39 Å². The molecule has 2 aromatic carbocycles. The fourth-order valence-electron chi connectivity index (χ4n) is 2.45. The zero-order valence-electron chi connectivity index (χ0n) is 12.8. The first kappa shape index (κ1) is 15.5. The molecule has 0 amide bonds. The van der Waals surface area contributed by atoms with Gasteiger partial charge in [-0.1, -0.05) is 37.3 Å². The van der Waals surface area contributed by atoms with Gasteiger partial charge in [0, 0.05) is 11.1 Å². The van der Waals surface area contributed by atoms with Gasteiger partial charge in [0.1, 0.15) is 11.6 Å². The Hall–Kier alpha value is -1.87. The fraction of sp³-hybridized carbons (Fsp3) is 0.333. The molecule has 2 rings (SSSR count). The van der Waals surface area contributed by atoms with Crippen molar-refractivity contribution in [3.05, 3.63) is 65.0 Å². The van der Waals surface area contributed by atoms with Gasteiger partial charge in [0.15, 0.2) is 0 Å². The number of nitrogens with one attached hydrogen (secondary N) is 1. The number of ether oxygens (including phenoxy) is 1. The lowest BCUT2D eigenvalue weighted by molar-refractivity contribution is 0.402. The molecule has 0 aliphatic heterocycles. The van der Waals surface area contributed by atoms with Crippen molar-refractivity contribution in [1.29, 1.82) is 0 Å². The SMILES string of the molecule is CCCNC(c1ccc(C)cc1F)c1ccccc1OC. The van der Waals surface area contributed by atoms with Crippen LogP contribution in [0.5, 0.6) is 5.75 Å². The molecule has 21 heavy (non-hydrogen) atoms. The summed E-state index contributed by atoms with van der Waals surface area (Å²) in [4.78, 5) is 0. The lowest BCUT2D eigenvalue weighted by Gasteiger charge is -2.22. The summed E-state index contributed by atoms with van der Waals surface area (Å²) in [7, 11) is 1.64. The van der Waals surface area contributed by atoms with Gasteiger partial charge in [-0.15, -0.1) is 0 Å². The van der Waals surface area contributed by atoms with Gasteiger partial charge >= 0.3 is 0 Å². The molecule has 1 atom stereocenters. The van der Waals surface area contributed by atoms with E-state index in [0.29, 0.717) is 5.56 Å². The van der Waals surface area contributed by atoms with Crippen LogP contribution >= 0.6 is 0 Å². The van der Waals surface area contributed by atoms with E-state index in [1.165, 1.54) is 0 Å². The van der Waals surface area contributed by atoms with E-state index in [4.69, 9.17) is 4.74 Å². The molecule has 2 nitrogen and oxygen atoms in total. The van der Waals surface area contributed by atoms with Gasteiger partial charge in [0.2, 0.25) is 0 Å². The second-order valence-electron chi connectivity index (χ2n) is 5.15. The van der Waals surface area contributed by atoms with Crippen LogP contribution in [-0.4, -0.2) is 13.7 Å². The van der Waals surface area contributed by atoms with Crippen LogP contribution < -0.4 is 10.1 Å². The predicted molar refractivity (Wildman–Crippen MR) is 84.3 cm³/mol. The molecule has 0 spiro atoms. The maximum Gasteiger partial charge on any atom is 0.128 e. The molecule has 0 saturated carbocycles. The summed E-state index contributed by atoms with van der Waals surface area (Å²) in [6, 6.07) is 12.9. The van der Waals surface area contributed by atoms with E-state index in [0.717, 1.165) is 29.8 Å². The quantitative estimate of drug-likeness (QED) is 0.858. The van der Waals surface area contributed by atoms with Crippen LogP contribution in [0.25, 0.3) is 0 Å². The number of hydrogen-bond donors (Lipinski definition) is 1. The molecule has 112 valence electrons. The Balaban J connectivity index is 2.47. The first-order valence-corrected chi connectivity index (χ1v) is 7.29. The maximum atomic E-state index is 14.4. The van der Waals surface area contributed by atoms with Crippen molar-refractivity contribution in [2.24, 2.45) is 0 Å². The zero-order valence-corrected chi connectivity index (χ0v) is 12.8. The third kappa shape index (κ3) is 3.61. The van der Waals surface area contributed by atoms with Gasteiger partial charge in [-0.25, -0.2) is 4.39 Å². The largest absolute Gasteiger partial charge is 0.496 e. The normalized spacial score (nSPS) is 12.2. The maximum absolute atomic E-state index is 14.4. The Labute approximate surface area is 126 Å². The average Bonchev–Trinajstić information content (AvgIpc) is 2.49. The second kappa shape index (κ2) is 7.23. The molecular weight excluding hydrogens is 265 g/mol. The Kier molecular flexibility index (Phi) is 5.34. The molecule has 0 fully saturated rings. The van der Waals surface area contributed by atoms with Crippen LogP contribution in [0.1, 0.15) is 36.1 Å². The average molecular weight is 287 g/mol. The van der Waals surface area contributed by atoms with Crippen molar-refractivity contribution >= 4 is 0 Å². The second-order valence-corrected chi connectivity index (χ2v) is 5.15. The minimum atomic E-state index is -0.207. The summed E-state index contributed by atoms with van der Waals surface area (Å²) in [5.41, 5.74) is 2.53. The number of methoxy groups -OCH3 is 1. The summed E-state index contributed by atoms with van der Waals surface area (Å²) in [5.74, 6) is 0.584. The summed E-state index contributed by atoms with van der Waals surface area (Å²) in [6.07, 6.45) is 0.985. The van der Waals surface area contributed by atoms with E-state index in [-0.39, 0.29) is 11.9 Å². The number of halogens is 1. The molecule has 0 aromatic heterocycles. The minimum Gasteiger partial charge on any atom is -0.496 e. The predicted octanol–water partition coefficient (Wildman–Crippen LogP) is 4.23. The highest BCUT2D eigenvalue weighted by molar-refractivity contribution is 5.42. The molecule has 1 unspecified atom stereocenters. The molecule has 0 aliphatic rings. The molecule has 3 heteroatoms. The molecule has 2 aromatic rings. The molecule has 0 aliphatic carbocycles. The number of benzene rings is 2. The number of para-hydroxylation sites is 1. The highest BCUT2D eigenvalue weighted by atomic mass is 19.1. The monoisotopic (exact) mass is 287 g/mol. The zero-order chi connectivity index (χ0) is 15.2. The molecular formula is C18H22FNO. The van der Waals surface area contributed by atoms with E-state index in [1.807, 2.05) is 43.3 Å². The minimum absolute atomic E-state index is 0.186. The standard InChI is InChI=1S/C18H22FNO/c1-4-11-20-18(14-10-9-13(2)12-16(14)19)15-7-5-6-8-17(15)21-3/h5-10,12,18,20H,4,11H2,1-3H3. The van der Waals surface area contributed by atoms with Gasteiger partial charge < -0.3 is 10.1 Å². The van der Waals surface area contributed by atoms with Crippen molar-refractivity contribution in [3.8, 4) is 5.75 Å². The highest BCUT2D eigenvalue weighted by Crippen LogP contribution is 2.31. The Bertz CT molecular complexity index is 598. The van der Waals surface area contributed by atoms with E-state index in [2.05, 4.69) is 12.2 Å². The summed E-state index contributed by atoms with van der Waals surface area (Å²) in [5, 5.41) is 3.42. The topological polar surface area (TPSA) is 21.3 Å². The van der Waals surface area contributed by atoms with Crippen molar-refractivity contribution in [3.63, 3.8) is 0 Å². The van der Waals surface area contributed by atoms with Crippen LogP contribution in [0.3, 0.4) is 0 Å². The Morgan fingerprint density at radius 2 is 1.90 bits per heavy atom. The van der Waals surface area contributed by atoms with E-state index < -0.39 is 0 Å². The summed E-state index contributed by atoms with van der Waals surface area (Å²) in [6.45, 7) is 4.80. The van der Waals surface area contributed by atoms with Crippen LogP contribution in [0.15, 0.2) is 42.5 Å². The van der Waals surface area contributed by atoms with Gasteiger partial charge in [-0.3, -0.25) is 0 Å². The number of hydrogen-bond acceptors (Lipinski definition) is 2. The van der Waals surface area contributed by atoms with Crippen LogP contribution in [0, 0.1) is 12.7 Å². The third-order valence-corrected chi connectivity index (χ3v) is 3.52. The fourth-order valence-corrected chi connectivity index (χ4v) is 2.45. The molecule has 0 heterocycles. The van der Waals surface area contributed by atoms with E-state index in [1.54, 1.807) is 13.2 Å². The van der Waals surface area contributed by atoms with Crippen molar-refractivity contribution in [1.82, 2.24) is 5.32 Å². The first-order chi connectivity index (χ1) is 10.2. The smallest absolute Gasteiger partial charge is 0.128 e. The summed E-state index contributed by atoms with van der Waals surface area (Å²) >= 11 is 0. The van der Waals surface area contributed by atoms with Gasteiger partial charge in [-0.2, -0.15) is 0 Å². The third-order valence-electron chi connectivity index (χ3n) is 3.52. The lowest BCUT2D eigenvalue weighted by atomic mass is 9.96. The van der Waals surface area contributed by atoms with Crippen molar-refractivity contribution < 1.29 is 9.13 Å². The number of aryl methyl sites for hydroxylation is 1. The number of rotatable bonds is 6. The first-order valence-electron chi connectivity index (χ1n) is 7.29. The molecule has 0 saturated heterocycles. The van der Waals surface area contributed by atoms with Crippen molar-refractivity contribution in [2.45, 2.75) is 26.3 Å².